The number of hydrogen-bond acceptors (Lipinski definition) is 4. The van der Waals surface area contributed by atoms with E-state index in [1.54, 1.807) is 18.3 Å². The molecule has 0 bridgehead atoms. The van der Waals surface area contributed by atoms with E-state index >= 15 is 0 Å². The number of aromatic hydroxyl groups is 1. The number of amides is 1. The molecule has 0 aliphatic rings. The summed E-state index contributed by atoms with van der Waals surface area (Å²) in [5.41, 5.74) is 7.46. The Balaban J connectivity index is 2.08. The highest BCUT2D eigenvalue weighted by atomic mass is 16.3. The van der Waals surface area contributed by atoms with Crippen molar-refractivity contribution in [2.45, 2.75) is 13.5 Å². The smallest absolute Gasteiger partial charge is 0.255 e. The molecule has 0 fully saturated rings. The number of aromatic amines is 1. The Hall–Kier alpha value is -2.50. The third-order valence-electron chi connectivity index (χ3n) is 2.59. The van der Waals surface area contributed by atoms with E-state index in [1.807, 2.05) is 6.92 Å². The van der Waals surface area contributed by atoms with Crippen LogP contribution in [0.25, 0.3) is 0 Å². The van der Waals surface area contributed by atoms with Crippen LogP contribution in [0.15, 0.2) is 24.4 Å². The van der Waals surface area contributed by atoms with Crippen LogP contribution in [0.3, 0.4) is 0 Å². The maximum atomic E-state index is 11.9. The summed E-state index contributed by atoms with van der Waals surface area (Å²) in [5.74, 6) is 0.0267. The molecule has 6 nitrogen and oxygen atoms in total. The molecule has 0 saturated heterocycles. The Labute approximate surface area is 104 Å². The maximum Gasteiger partial charge on any atom is 0.255 e. The van der Waals surface area contributed by atoms with Gasteiger partial charge >= 0.3 is 0 Å². The molecule has 18 heavy (non-hydrogen) atoms. The van der Waals surface area contributed by atoms with Crippen LogP contribution in [-0.2, 0) is 6.54 Å². The molecule has 6 heteroatoms. The molecule has 0 unspecified atom stereocenters. The largest absolute Gasteiger partial charge is 0.507 e. The van der Waals surface area contributed by atoms with Gasteiger partial charge in [0.15, 0.2) is 0 Å². The summed E-state index contributed by atoms with van der Waals surface area (Å²) < 4.78 is 0. The zero-order valence-electron chi connectivity index (χ0n) is 9.90. The number of hydrogen-bond donors (Lipinski definition) is 4. The number of aromatic nitrogens is 2. The molecule has 0 aliphatic heterocycles. The maximum absolute atomic E-state index is 11.9. The number of aryl methyl sites for hydroxylation is 1. The molecule has 1 aromatic heterocycles. The van der Waals surface area contributed by atoms with E-state index in [4.69, 9.17) is 5.73 Å². The Bertz CT molecular complexity index is 577. The van der Waals surface area contributed by atoms with Crippen LogP contribution in [0, 0.1) is 6.92 Å². The lowest BCUT2D eigenvalue weighted by atomic mass is 10.1. The first kappa shape index (κ1) is 12.0. The highest BCUT2D eigenvalue weighted by molar-refractivity contribution is 5.96. The number of benzene rings is 1. The Morgan fingerprint density at radius 2 is 2.33 bits per heavy atom. The molecule has 1 amide bonds. The summed E-state index contributed by atoms with van der Waals surface area (Å²) in [7, 11) is 0. The van der Waals surface area contributed by atoms with E-state index in [9.17, 15) is 9.90 Å². The SMILES string of the molecule is Cc1ccc(O)c(C(=O)NCc2cn[nH]c2N)c1. The van der Waals surface area contributed by atoms with Gasteiger partial charge in [-0.05, 0) is 19.1 Å². The molecule has 1 aromatic carbocycles. The van der Waals surface area contributed by atoms with Crippen LogP contribution < -0.4 is 11.1 Å². The van der Waals surface area contributed by atoms with E-state index in [1.165, 1.54) is 6.07 Å². The van der Waals surface area contributed by atoms with Crippen molar-refractivity contribution < 1.29 is 9.90 Å². The Morgan fingerprint density at radius 1 is 1.56 bits per heavy atom. The van der Waals surface area contributed by atoms with Crippen LogP contribution in [0.5, 0.6) is 5.75 Å². The van der Waals surface area contributed by atoms with E-state index in [2.05, 4.69) is 15.5 Å². The van der Waals surface area contributed by atoms with Gasteiger partial charge in [0.25, 0.3) is 5.91 Å². The molecular formula is C12H14N4O2. The van der Waals surface area contributed by atoms with Crippen LogP contribution >= 0.6 is 0 Å². The van der Waals surface area contributed by atoms with Crippen molar-refractivity contribution in [3.8, 4) is 5.75 Å². The fourth-order valence-corrected chi connectivity index (χ4v) is 1.56. The number of H-pyrrole nitrogens is 1. The van der Waals surface area contributed by atoms with E-state index in [0.717, 1.165) is 5.56 Å². The second kappa shape index (κ2) is 4.79. The number of nitrogens with two attached hydrogens (primary N) is 1. The Morgan fingerprint density at radius 3 is 3.00 bits per heavy atom. The number of rotatable bonds is 3. The van der Waals surface area contributed by atoms with E-state index in [0.29, 0.717) is 11.4 Å². The van der Waals surface area contributed by atoms with Gasteiger partial charge in [-0.15, -0.1) is 0 Å². The topological polar surface area (TPSA) is 104 Å². The first-order valence-electron chi connectivity index (χ1n) is 5.43. The van der Waals surface area contributed by atoms with Gasteiger partial charge in [0.1, 0.15) is 11.6 Å². The van der Waals surface area contributed by atoms with Gasteiger partial charge in [0.2, 0.25) is 0 Å². The predicted octanol–water partition coefficient (Wildman–Crippen LogP) is 0.936. The average molecular weight is 246 g/mol. The van der Waals surface area contributed by atoms with Gasteiger partial charge in [-0.25, -0.2) is 0 Å². The van der Waals surface area contributed by atoms with Gasteiger partial charge in [0, 0.05) is 12.1 Å². The molecule has 2 aromatic rings. The number of carbonyl (C=O) groups excluding carboxylic acids is 1. The number of phenols is 1. The first-order valence-corrected chi connectivity index (χ1v) is 5.43. The van der Waals surface area contributed by atoms with Crippen LogP contribution in [0.4, 0.5) is 5.82 Å². The standard InChI is InChI=1S/C12H14N4O2/c1-7-2-3-10(17)9(4-7)12(18)14-5-8-6-15-16-11(8)13/h2-4,6,17H,5H2,1H3,(H,14,18)(H3,13,15,16). The minimum Gasteiger partial charge on any atom is -0.507 e. The zero-order chi connectivity index (χ0) is 13.1. The lowest BCUT2D eigenvalue weighted by Crippen LogP contribution is -2.23. The van der Waals surface area contributed by atoms with Crippen molar-refractivity contribution in [3.63, 3.8) is 0 Å². The number of anilines is 1. The number of phenolic OH excluding ortho intramolecular Hbond substituents is 1. The number of nitrogens with one attached hydrogen (secondary N) is 2. The number of nitrogen functional groups attached to an aromatic ring is 1. The first-order chi connectivity index (χ1) is 8.58. The molecule has 2 rings (SSSR count). The monoisotopic (exact) mass is 246 g/mol. The third-order valence-corrected chi connectivity index (χ3v) is 2.59. The number of carbonyl (C=O) groups is 1. The minimum absolute atomic E-state index is 0.0433. The average Bonchev–Trinajstić information content (AvgIpc) is 2.75. The molecule has 5 N–H and O–H groups in total. The molecule has 1 heterocycles. The highest BCUT2D eigenvalue weighted by Gasteiger charge is 2.11. The zero-order valence-corrected chi connectivity index (χ0v) is 9.90. The molecule has 0 radical (unpaired) electrons. The molecule has 0 aliphatic carbocycles. The molecule has 94 valence electrons. The molecule has 0 spiro atoms. The van der Waals surface area contributed by atoms with Gasteiger partial charge in [0.05, 0.1) is 11.8 Å². The van der Waals surface area contributed by atoms with Gasteiger partial charge < -0.3 is 16.2 Å². The van der Waals surface area contributed by atoms with Crippen molar-refractivity contribution >= 4 is 11.7 Å². The van der Waals surface area contributed by atoms with E-state index < -0.39 is 0 Å². The van der Waals surface area contributed by atoms with E-state index in [-0.39, 0.29) is 23.8 Å². The summed E-state index contributed by atoms with van der Waals surface area (Å²) in [6.45, 7) is 2.11. The van der Waals surface area contributed by atoms with Crippen molar-refractivity contribution in [3.05, 3.63) is 41.1 Å². The fourth-order valence-electron chi connectivity index (χ4n) is 1.56. The van der Waals surface area contributed by atoms with Gasteiger partial charge in [-0.3, -0.25) is 9.89 Å². The van der Waals surface area contributed by atoms with Crippen molar-refractivity contribution in [2.75, 3.05) is 5.73 Å². The van der Waals surface area contributed by atoms with Gasteiger partial charge in [-0.1, -0.05) is 11.6 Å². The van der Waals surface area contributed by atoms with Gasteiger partial charge in [-0.2, -0.15) is 5.10 Å². The van der Waals surface area contributed by atoms with Crippen molar-refractivity contribution in [1.29, 1.82) is 0 Å². The van der Waals surface area contributed by atoms with Crippen molar-refractivity contribution in [1.82, 2.24) is 15.5 Å². The van der Waals surface area contributed by atoms with Crippen LogP contribution in [0.1, 0.15) is 21.5 Å². The second-order valence-electron chi connectivity index (χ2n) is 4.01. The third kappa shape index (κ3) is 2.42. The second-order valence-corrected chi connectivity index (χ2v) is 4.01. The highest BCUT2D eigenvalue weighted by Crippen LogP contribution is 2.18. The summed E-state index contributed by atoms with van der Waals surface area (Å²) in [6, 6.07) is 4.86. The lowest BCUT2D eigenvalue weighted by Gasteiger charge is -2.07. The molecule has 0 atom stereocenters. The summed E-state index contributed by atoms with van der Waals surface area (Å²) in [6.07, 6.45) is 1.55. The predicted molar refractivity (Wildman–Crippen MR) is 67.0 cm³/mol. The lowest BCUT2D eigenvalue weighted by molar-refractivity contribution is 0.0948. The van der Waals surface area contributed by atoms with Crippen molar-refractivity contribution in [2.24, 2.45) is 0 Å². The summed E-state index contributed by atoms with van der Waals surface area (Å²) in [5, 5.41) is 18.6. The quantitative estimate of drug-likeness (QED) is 0.646. The van der Waals surface area contributed by atoms with Crippen LogP contribution in [-0.4, -0.2) is 21.2 Å². The van der Waals surface area contributed by atoms with Crippen LogP contribution in [0.2, 0.25) is 0 Å². The molecule has 0 saturated carbocycles. The summed E-state index contributed by atoms with van der Waals surface area (Å²) in [4.78, 5) is 11.9. The molecular weight excluding hydrogens is 232 g/mol. The normalized spacial score (nSPS) is 10.3. The number of nitrogens with zero attached hydrogens (tertiary/aromatic N) is 1. The fraction of sp³-hybridized carbons (Fsp3) is 0.167. The Kier molecular flexibility index (Phi) is 3.18. The minimum atomic E-state index is -0.350. The summed E-state index contributed by atoms with van der Waals surface area (Å²) >= 11 is 0.